The molecule has 0 unspecified atom stereocenters. The monoisotopic (exact) mass is 458 g/mol. The number of fused-ring (bicyclic) bond motifs is 1. The van der Waals surface area contributed by atoms with Crippen LogP contribution in [0.2, 0.25) is 0 Å². The molecule has 7 nitrogen and oxygen atoms in total. The molecule has 176 valence electrons. The van der Waals surface area contributed by atoms with Crippen molar-refractivity contribution in [3.63, 3.8) is 0 Å². The predicted octanol–water partition coefficient (Wildman–Crippen LogP) is 3.77. The van der Waals surface area contributed by atoms with Gasteiger partial charge in [0.2, 0.25) is 0 Å². The molecule has 0 radical (unpaired) electrons. The number of aromatic nitrogens is 1. The summed E-state index contributed by atoms with van der Waals surface area (Å²) in [7, 11) is 0. The van der Waals surface area contributed by atoms with Crippen LogP contribution in [0.4, 0.5) is 11.5 Å². The van der Waals surface area contributed by atoms with E-state index in [1.165, 1.54) is 5.56 Å². The summed E-state index contributed by atoms with van der Waals surface area (Å²) in [4.78, 5) is 16.4. The highest BCUT2D eigenvalue weighted by Gasteiger charge is 2.48. The summed E-state index contributed by atoms with van der Waals surface area (Å²) in [5.74, 6) is 0.236. The van der Waals surface area contributed by atoms with Crippen LogP contribution in [-0.4, -0.2) is 48.4 Å². The molecule has 3 heterocycles. The maximum absolute atomic E-state index is 11.9. The highest BCUT2D eigenvalue weighted by atomic mass is 16.5. The maximum Gasteiger partial charge on any atom is 0.318 e. The first-order chi connectivity index (χ1) is 16.6. The summed E-state index contributed by atoms with van der Waals surface area (Å²) in [6, 6.07) is 22.5. The molecule has 7 heteroatoms. The molecule has 34 heavy (non-hydrogen) atoms. The van der Waals surface area contributed by atoms with Gasteiger partial charge in [0.1, 0.15) is 11.2 Å². The number of hydrogen-bond acceptors (Lipinski definition) is 6. The minimum Gasteiger partial charge on any atom is -0.480 e. The van der Waals surface area contributed by atoms with E-state index >= 15 is 0 Å². The van der Waals surface area contributed by atoms with Crippen LogP contribution in [-0.2, 0) is 14.9 Å². The molecule has 5 rings (SSSR count). The number of carbonyl (C=O) groups is 1. The Morgan fingerprint density at radius 3 is 2.68 bits per heavy atom. The van der Waals surface area contributed by atoms with Crippen molar-refractivity contribution >= 4 is 17.5 Å². The molecular formula is C27H30N4O3. The molecule has 0 amide bonds. The van der Waals surface area contributed by atoms with Crippen LogP contribution >= 0.6 is 0 Å². The Balaban J connectivity index is 1.33. The van der Waals surface area contributed by atoms with Crippen LogP contribution < -0.4 is 16.0 Å². The first-order valence-electron chi connectivity index (χ1n) is 11.7. The second kappa shape index (κ2) is 9.44. The summed E-state index contributed by atoms with van der Waals surface area (Å²) in [5, 5.41) is 20.6. The van der Waals surface area contributed by atoms with Gasteiger partial charge in [-0.25, -0.2) is 4.98 Å². The Labute approximate surface area is 199 Å². The second-order valence-electron chi connectivity index (χ2n) is 9.23. The van der Waals surface area contributed by atoms with Crippen molar-refractivity contribution in [2.45, 2.75) is 30.3 Å². The summed E-state index contributed by atoms with van der Waals surface area (Å²) in [6.45, 7) is 4.14. The number of nitrogens with zero attached hydrogens (tertiary/aromatic N) is 1. The molecule has 1 aromatic heterocycles. The van der Waals surface area contributed by atoms with Crippen molar-refractivity contribution in [2.24, 2.45) is 0 Å². The van der Waals surface area contributed by atoms with E-state index < -0.39 is 11.4 Å². The third kappa shape index (κ3) is 4.24. The van der Waals surface area contributed by atoms with Crippen molar-refractivity contribution in [3.8, 4) is 0 Å². The van der Waals surface area contributed by atoms with Gasteiger partial charge in [-0.2, -0.15) is 0 Å². The number of rotatable bonds is 8. The van der Waals surface area contributed by atoms with Gasteiger partial charge in [0.05, 0.1) is 31.0 Å². The lowest BCUT2D eigenvalue weighted by Gasteiger charge is -2.38. The Kier molecular flexibility index (Phi) is 6.22. The first kappa shape index (κ1) is 22.4. The van der Waals surface area contributed by atoms with Crippen molar-refractivity contribution in [1.82, 2.24) is 10.3 Å². The van der Waals surface area contributed by atoms with E-state index in [0.29, 0.717) is 0 Å². The highest BCUT2D eigenvalue weighted by molar-refractivity contribution is 5.83. The lowest BCUT2D eigenvalue weighted by molar-refractivity contribution is -0.163. The summed E-state index contributed by atoms with van der Waals surface area (Å²) < 4.78 is 5.26. The summed E-state index contributed by atoms with van der Waals surface area (Å²) in [5.41, 5.74) is 3.23. The molecular weight excluding hydrogens is 428 g/mol. The summed E-state index contributed by atoms with van der Waals surface area (Å²) >= 11 is 0. The highest BCUT2D eigenvalue weighted by Crippen LogP contribution is 2.34. The molecule has 1 fully saturated rings. The summed E-state index contributed by atoms with van der Waals surface area (Å²) in [6.07, 6.45) is 1.80. The van der Waals surface area contributed by atoms with Gasteiger partial charge in [0, 0.05) is 19.3 Å². The molecule has 2 aliphatic rings. The van der Waals surface area contributed by atoms with E-state index in [1.807, 2.05) is 36.4 Å². The zero-order valence-corrected chi connectivity index (χ0v) is 19.2. The number of pyridine rings is 1. The molecule has 1 saturated heterocycles. The third-order valence-electron chi connectivity index (χ3n) is 6.96. The fraction of sp³-hybridized carbons (Fsp3) is 0.333. The van der Waals surface area contributed by atoms with Crippen molar-refractivity contribution < 1.29 is 14.6 Å². The van der Waals surface area contributed by atoms with E-state index in [2.05, 4.69) is 58.2 Å². The molecule has 2 aromatic carbocycles. The van der Waals surface area contributed by atoms with E-state index in [4.69, 9.17) is 4.74 Å². The van der Waals surface area contributed by atoms with Crippen molar-refractivity contribution in [3.05, 3.63) is 89.6 Å². The molecule has 0 aliphatic carbocycles. The zero-order valence-electron chi connectivity index (χ0n) is 19.2. The first-order valence-corrected chi connectivity index (χ1v) is 11.7. The van der Waals surface area contributed by atoms with Crippen LogP contribution in [0.3, 0.4) is 0 Å². The van der Waals surface area contributed by atoms with Gasteiger partial charge in [-0.15, -0.1) is 0 Å². The lowest BCUT2D eigenvalue weighted by Crippen LogP contribution is -2.53. The zero-order chi connectivity index (χ0) is 23.5. The van der Waals surface area contributed by atoms with E-state index in [-0.39, 0.29) is 31.2 Å². The van der Waals surface area contributed by atoms with Gasteiger partial charge in [0.25, 0.3) is 0 Å². The fourth-order valence-electron chi connectivity index (χ4n) is 4.75. The number of nitrogens with one attached hydrogen (secondary N) is 3. The number of aliphatic carboxylic acids is 1. The average molecular weight is 459 g/mol. The maximum atomic E-state index is 11.9. The van der Waals surface area contributed by atoms with E-state index in [0.717, 1.165) is 35.7 Å². The molecule has 0 saturated carbocycles. The number of carboxylic acids is 1. The Morgan fingerprint density at radius 1 is 1.15 bits per heavy atom. The van der Waals surface area contributed by atoms with Gasteiger partial charge >= 0.3 is 5.97 Å². The minimum atomic E-state index is -0.923. The predicted molar refractivity (Wildman–Crippen MR) is 132 cm³/mol. The largest absolute Gasteiger partial charge is 0.480 e. The number of anilines is 2. The Morgan fingerprint density at radius 2 is 1.94 bits per heavy atom. The standard InChI is InChI=1S/C27H30N4O3/c1-18(20-9-5-10-21(13-20)27(26(32)33)16-34-17-27)14-30-24(19-7-3-2-4-8-19)23-15-29-22-11-6-12-28-25(22)31-23/h2-13,18,23-24,29-30H,14-17H2,1H3,(H,28,31)(H,32,33)/t18-,23-,24-/m1/s1. The Hall–Kier alpha value is -3.42. The Bertz CT molecular complexity index is 1150. The van der Waals surface area contributed by atoms with Gasteiger partial charge in [-0.05, 0) is 34.7 Å². The van der Waals surface area contributed by atoms with Crippen LogP contribution in [0.1, 0.15) is 35.6 Å². The second-order valence-corrected chi connectivity index (χ2v) is 9.23. The van der Waals surface area contributed by atoms with Crippen LogP contribution in [0, 0.1) is 0 Å². The topological polar surface area (TPSA) is 95.5 Å². The molecule has 3 atom stereocenters. The number of hydrogen-bond donors (Lipinski definition) is 4. The fourth-order valence-corrected chi connectivity index (χ4v) is 4.75. The van der Waals surface area contributed by atoms with Crippen LogP contribution in [0.15, 0.2) is 72.9 Å². The minimum absolute atomic E-state index is 0.0693. The molecule has 3 aromatic rings. The van der Waals surface area contributed by atoms with Crippen LogP contribution in [0.5, 0.6) is 0 Å². The number of benzene rings is 2. The molecule has 0 spiro atoms. The van der Waals surface area contributed by atoms with Gasteiger partial charge in [-0.3, -0.25) is 4.79 Å². The molecule has 4 N–H and O–H groups in total. The average Bonchev–Trinajstić information content (AvgIpc) is 2.84. The number of ether oxygens (including phenoxy) is 1. The van der Waals surface area contributed by atoms with E-state index in [1.54, 1.807) is 6.20 Å². The van der Waals surface area contributed by atoms with E-state index in [9.17, 15) is 9.90 Å². The molecule has 0 bridgehead atoms. The SMILES string of the molecule is C[C@H](CN[C@H](c1ccccc1)[C@H]1CNc2cccnc2N1)c1cccc(C2(C(=O)O)COC2)c1. The lowest BCUT2D eigenvalue weighted by atomic mass is 9.77. The van der Waals surface area contributed by atoms with Gasteiger partial charge in [-0.1, -0.05) is 61.5 Å². The van der Waals surface area contributed by atoms with Crippen molar-refractivity contribution in [2.75, 3.05) is 36.9 Å². The quantitative estimate of drug-likeness (QED) is 0.408. The van der Waals surface area contributed by atoms with Crippen molar-refractivity contribution in [1.29, 1.82) is 0 Å². The van der Waals surface area contributed by atoms with Crippen LogP contribution in [0.25, 0.3) is 0 Å². The van der Waals surface area contributed by atoms with Gasteiger partial charge < -0.3 is 25.8 Å². The normalized spacial score (nSPS) is 20.1. The third-order valence-corrected chi connectivity index (χ3v) is 6.96. The smallest absolute Gasteiger partial charge is 0.318 e. The van der Waals surface area contributed by atoms with Gasteiger partial charge in [0.15, 0.2) is 0 Å². The number of carboxylic acid groups (broad SMARTS) is 1. The molecule has 2 aliphatic heterocycles.